The number of benzene rings is 2. The highest BCUT2D eigenvalue weighted by Crippen LogP contribution is 2.31. The smallest absolute Gasteiger partial charge is 0.133 e. The van der Waals surface area contributed by atoms with Crippen molar-refractivity contribution in [2.45, 2.75) is 40.2 Å². The summed E-state index contributed by atoms with van der Waals surface area (Å²) in [6.07, 6.45) is 0.322. The van der Waals surface area contributed by atoms with E-state index in [1.165, 1.54) is 11.1 Å². The highest BCUT2D eigenvalue weighted by molar-refractivity contribution is 5.47. The minimum Gasteiger partial charge on any atom is -0.457 e. The molecule has 0 amide bonds. The molecule has 0 aliphatic heterocycles. The van der Waals surface area contributed by atoms with Crippen LogP contribution in [0.4, 0.5) is 0 Å². The van der Waals surface area contributed by atoms with Gasteiger partial charge in [0.15, 0.2) is 0 Å². The predicted molar refractivity (Wildman–Crippen MR) is 82.4 cm³/mol. The Kier molecular flexibility index (Phi) is 4.46. The van der Waals surface area contributed by atoms with Crippen LogP contribution in [0.25, 0.3) is 0 Å². The van der Waals surface area contributed by atoms with Crippen LogP contribution >= 0.6 is 0 Å². The molecule has 0 spiro atoms. The van der Waals surface area contributed by atoms with Crippen molar-refractivity contribution >= 4 is 0 Å². The molecule has 2 heteroatoms. The van der Waals surface area contributed by atoms with Gasteiger partial charge in [0.2, 0.25) is 0 Å². The van der Waals surface area contributed by atoms with Crippen molar-refractivity contribution in [3.8, 4) is 11.5 Å². The highest BCUT2D eigenvalue weighted by atomic mass is 16.5. The van der Waals surface area contributed by atoms with E-state index in [-0.39, 0.29) is 0 Å². The van der Waals surface area contributed by atoms with Crippen molar-refractivity contribution in [2.24, 2.45) is 0 Å². The van der Waals surface area contributed by atoms with Crippen molar-refractivity contribution in [2.75, 3.05) is 0 Å². The molecule has 1 unspecified atom stereocenters. The van der Waals surface area contributed by atoms with Gasteiger partial charge < -0.3 is 9.84 Å². The molecule has 2 nitrogen and oxygen atoms in total. The van der Waals surface area contributed by atoms with Crippen molar-refractivity contribution in [3.63, 3.8) is 0 Å². The first-order chi connectivity index (χ1) is 9.52. The van der Waals surface area contributed by atoms with Gasteiger partial charge in [-0.05, 0) is 61.6 Å². The van der Waals surface area contributed by atoms with E-state index < -0.39 is 6.10 Å². The normalized spacial score (nSPS) is 12.2. The third-order valence-corrected chi connectivity index (χ3v) is 3.75. The van der Waals surface area contributed by atoms with E-state index in [0.717, 1.165) is 29.0 Å². The molecule has 0 aliphatic rings. The SMILES string of the molecule is CCC(O)c1ccc(Oc2c(C)ccc(C)c2C)cc1. The molecular formula is C18H22O2. The van der Waals surface area contributed by atoms with Gasteiger partial charge in [0.25, 0.3) is 0 Å². The maximum Gasteiger partial charge on any atom is 0.133 e. The van der Waals surface area contributed by atoms with Crippen LogP contribution in [0, 0.1) is 20.8 Å². The molecule has 20 heavy (non-hydrogen) atoms. The maximum absolute atomic E-state index is 9.79. The fourth-order valence-corrected chi connectivity index (χ4v) is 2.19. The number of ether oxygens (including phenoxy) is 1. The van der Waals surface area contributed by atoms with Gasteiger partial charge in [-0.2, -0.15) is 0 Å². The summed E-state index contributed by atoms with van der Waals surface area (Å²) in [4.78, 5) is 0. The topological polar surface area (TPSA) is 29.5 Å². The lowest BCUT2D eigenvalue weighted by Crippen LogP contribution is -1.96. The van der Waals surface area contributed by atoms with E-state index in [1.807, 2.05) is 31.2 Å². The molecule has 2 rings (SSSR count). The predicted octanol–water partition coefficient (Wildman–Crippen LogP) is 4.85. The zero-order chi connectivity index (χ0) is 14.7. The average molecular weight is 270 g/mol. The molecule has 0 saturated carbocycles. The highest BCUT2D eigenvalue weighted by Gasteiger charge is 2.09. The zero-order valence-electron chi connectivity index (χ0n) is 12.6. The van der Waals surface area contributed by atoms with Crippen molar-refractivity contribution in [3.05, 3.63) is 58.7 Å². The molecule has 2 aromatic rings. The summed E-state index contributed by atoms with van der Waals surface area (Å²) >= 11 is 0. The number of rotatable bonds is 4. The average Bonchev–Trinajstić information content (AvgIpc) is 2.47. The molecule has 1 atom stereocenters. The van der Waals surface area contributed by atoms with Crippen LogP contribution in [0.2, 0.25) is 0 Å². The molecule has 1 N–H and O–H groups in total. The van der Waals surface area contributed by atoms with Gasteiger partial charge >= 0.3 is 0 Å². The molecule has 2 aromatic carbocycles. The van der Waals surface area contributed by atoms with E-state index in [0.29, 0.717) is 0 Å². The van der Waals surface area contributed by atoms with Crippen LogP contribution in [-0.2, 0) is 0 Å². The molecule has 0 saturated heterocycles. The Balaban J connectivity index is 2.25. The number of aliphatic hydroxyl groups excluding tert-OH is 1. The maximum atomic E-state index is 9.79. The summed E-state index contributed by atoms with van der Waals surface area (Å²) in [5.74, 6) is 1.72. The Bertz CT molecular complexity index is 585. The summed E-state index contributed by atoms with van der Waals surface area (Å²) in [5, 5.41) is 9.79. The van der Waals surface area contributed by atoms with Gasteiger partial charge in [-0.15, -0.1) is 0 Å². The summed E-state index contributed by atoms with van der Waals surface area (Å²) < 4.78 is 6.01. The van der Waals surface area contributed by atoms with Crippen LogP contribution in [0.1, 0.15) is 41.7 Å². The molecule has 0 fully saturated rings. The Morgan fingerprint density at radius 3 is 2.15 bits per heavy atom. The quantitative estimate of drug-likeness (QED) is 0.860. The lowest BCUT2D eigenvalue weighted by atomic mass is 10.1. The van der Waals surface area contributed by atoms with Crippen LogP contribution in [0.15, 0.2) is 36.4 Å². The standard InChI is InChI=1S/C18H22O2/c1-5-17(19)15-8-10-16(11-9-15)20-18-13(3)7-6-12(2)14(18)4/h6-11,17,19H,5H2,1-4H3. The first-order valence-corrected chi connectivity index (χ1v) is 7.05. The van der Waals surface area contributed by atoms with Gasteiger partial charge in [-0.25, -0.2) is 0 Å². The molecule has 106 valence electrons. The molecule has 0 aromatic heterocycles. The largest absolute Gasteiger partial charge is 0.457 e. The number of hydrogen-bond acceptors (Lipinski definition) is 2. The zero-order valence-corrected chi connectivity index (χ0v) is 12.6. The summed E-state index contributed by atoms with van der Waals surface area (Å²) in [6.45, 7) is 8.18. The third kappa shape index (κ3) is 3.02. The van der Waals surface area contributed by atoms with Crippen molar-refractivity contribution in [1.82, 2.24) is 0 Å². The monoisotopic (exact) mass is 270 g/mol. The van der Waals surface area contributed by atoms with E-state index in [2.05, 4.69) is 32.9 Å². The second kappa shape index (κ2) is 6.10. The Morgan fingerprint density at radius 1 is 0.950 bits per heavy atom. The Hall–Kier alpha value is -1.80. The first-order valence-electron chi connectivity index (χ1n) is 7.05. The molecular weight excluding hydrogens is 248 g/mol. The lowest BCUT2D eigenvalue weighted by Gasteiger charge is -2.14. The lowest BCUT2D eigenvalue weighted by molar-refractivity contribution is 0.173. The van der Waals surface area contributed by atoms with Crippen LogP contribution < -0.4 is 4.74 Å². The minimum atomic E-state index is -0.397. The van der Waals surface area contributed by atoms with Crippen molar-refractivity contribution < 1.29 is 9.84 Å². The van der Waals surface area contributed by atoms with Gasteiger partial charge in [0.05, 0.1) is 6.10 Å². The summed E-state index contributed by atoms with van der Waals surface area (Å²) in [7, 11) is 0. The van der Waals surface area contributed by atoms with E-state index in [4.69, 9.17) is 4.74 Å². The summed E-state index contributed by atoms with van der Waals surface area (Å²) in [5.41, 5.74) is 4.45. The van der Waals surface area contributed by atoms with Crippen LogP contribution in [0.5, 0.6) is 11.5 Å². The van der Waals surface area contributed by atoms with Gasteiger partial charge in [0.1, 0.15) is 11.5 Å². The third-order valence-electron chi connectivity index (χ3n) is 3.75. The van der Waals surface area contributed by atoms with Gasteiger partial charge in [-0.1, -0.05) is 31.2 Å². The van der Waals surface area contributed by atoms with Crippen LogP contribution in [0.3, 0.4) is 0 Å². The number of hydrogen-bond donors (Lipinski definition) is 1. The fourth-order valence-electron chi connectivity index (χ4n) is 2.19. The van der Waals surface area contributed by atoms with E-state index in [9.17, 15) is 5.11 Å². The van der Waals surface area contributed by atoms with Gasteiger partial charge in [0, 0.05) is 0 Å². The Labute approximate surface area is 121 Å². The second-order valence-electron chi connectivity index (χ2n) is 5.25. The minimum absolute atomic E-state index is 0.397. The fraction of sp³-hybridized carbons (Fsp3) is 0.333. The van der Waals surface area contributed by atoms with E-state index in [1.54, 1.807) is 0 Å². The van der Waals surface area contributed by atoms with Crippen LogP contribution in [-0.4, -0.2) is 5.11 Å². The van der Waals surface area contributed by atoms with Gasteiger partial charge in [-0.3, -0.25) is 0 Å². The van der Waals surface area contributed by atoms with Crippen molar-refractivity contribution in [1.29, 1.82) is 0 Å². The molecule has 0 bridgehead atoms. The van der Waals surface area contributed by atoms with E-state index >= 15 is 0 Å². The molecule has 0 aliphatic carbocycles. The first kappa shape index (κ1) is 14.6. The second-order valence-corrected chi connectivity index (χ2v) is 5.25. The molecule has 0 radical (unpaired) electrons. The number of aryl methyl sites for hydroxylation is 2. The number of aliphatic hydroxyl groups is 1. The summed E-state index contributed by atoms with van der Waals surface area (Å²) in [6, 6.07) is 11.9. The molecule has 0 heterocycles. The Morgan fingerprint density at radius 2 is 1.55 bits per heavy atom.